The van der Waals surface area contributed by atoms with Crippen LogP contribution in [0.15, 0.2) is 18.2 Å². The number of rotatable bonds is 2. The molecule has 1 aromatic carbocycles. The fourth-order valence-corrected chi connectivity index (χ4v) is 1.04. The molecule has 0 aliphatic heterocycles. The van der Waals surface area contributed by atoms with E-state index in [2.05, 4.69) is 7.05 Å². The van der Waals surface area contributed by atoms with Gasteiger partial charge in [0.25, 0.3) is 0 Å². The molecule has 2 N–H and O–H groups in total. The molecular formula is C10H13F2N. The summed E-state index contributed by atoms with van der Waals surface area (Å²) in [5.41, 5.74) is 0.197. The van der Waals surface area contributed by atoms with E-state index in [9.17, 15) is 8.78 Å². The monoisotopic (exact) mass is 185 g/mol. The predicted octanol–water partition coefficient (Wildman–Crippen LogP) is 1.55. The summed E-state index contributed by atoms with van der Waals surface area (Å²) in [6, 6.07) is 3.51. The average molecular weight is 185 g/mol. The Morgan fingerprint density at radius 1 is 1.15 bits per heavy atom. The fraction of sp³-hybridized carbons (Fsp3) is 0.300. The minimum atomic E-state index is -0.551. The Morgan fingerprint density at radius 3 is 2.00 bits per heavy atom. The van der Waals surface area contributed by atoms with Crippen molar-refractivity contribution in [3.8, 4) is 0 Å². The summed E-state index contributed by atoms with van der Waals surface area (Å²) in [7, 11) is 3.62. The topological polar surface area (TPSA) is 16.6 Å². The van der Waals surface area contributed by atoms with Crippen LogP contribution in [0, 0.1) is 18.7 Å². The quantitative estimate of drug-likeness (QED) is 0.673. The van der Waals surface area contributed by atoms with E-state index in [4.69, 9.17) is 0 Å². The first kappa shape index (κ1) is 10.1. The molecule has 0 atom stereocenters. The molecule has 0 fully saturated rings. The van der Waals surface area contributed by atoms with Crippen molar-refractivity contribution in [3.63, 3.8) is 0 Å². The van der Waals surface area contributed by atoms with Gasteiger partial charge in [0, 0.05) is 11.6 Å². The van der Waals surface area contributed by atoms with Crippen LogP contribution in [0.5, 0.6) is 0 Å². The third kappa shape index (κ3) is 2.25. The second kappa shape index (κ2) is 3.42. The summed E-state index contributed by atoms with van der Waals surface area (Å²) >= 11 is 0. The molecule has 0 bridgehead atoms. The minimum absolute atomic E-state index is 0.400. The molecule has 0 aromatic heterocycles. The predicted molar refractivity (Wildman–Crippen MR) is 46.7 cm³/mol. The van der Waals surface area contributed by atoms with Crippen LogP contribution in [-0.4, -0.2) is 0 Å². The van der Waals surface area contributed by atoms with E-state index < -0.39 is 17.2 Å². The van der Waals surface area contributed by atoms with Crippen molar-refractivity contribution in [1.82, 2.24) is 0 Å². The van der Waals surface area contributed by atoms with Crippen molar-refractivity contribution in [2.75, 3.05) is 0 Å². The molecule has 1 aromatic rings. The molecule has 0 aliphatic carbocycles. The molecule has 1 rings (SSSR count). The maximum Gasteiger partial charge on any atom is 0.126 e. The van der Waals surface area contributed by atoms with Gasteiger partial charge in [-0.25, -0.2) is 8.78 Å². The van der Waals surface area contributed by atoms with Gasteiger partial charge in [-0.2, -0.15) is 7.05 Å². The van der Waals surface area contributed by atoms with Gasteiger partial charge in [-0.1, -0.05) is 0 Å². The van der Waals surface area contributed by atoms with Crippen LogP contribution >= 0.6 is 0 Å². The van der Waals surface area contributed by atoms with Crippen molar-refractivity contribution >= 4 is 0 Å². The van der Waals surface area contributed by atoms with Gasteiger partial charge in [0.15, 0.2) is 0 Å². The molecule has 0 spiro atoms. The zero-order valence-corrected chi connectivity index (χ0v) is 7.77. The molecule has 3 heteroatoms. The molecule has 1 nitrogen and oxygen atoms in total. The van der Waals surface area contributed by atoms with Crippen molar-refractivity contribution in [3.05, 3.63) is 42.4 Å². The summed E-state index contributed by atoms with van der Waals surface area (Å²) in [4.78, 5) is 0. The van der Waals surface area contributed by atoms with Gasteiger partial charge in [0.05, 0.1) is 5.54 Å². The first-order valence-corrected chi connectivity index (χ1v) is 4.06. The molecule has 13 heavy (non-hydrogen) atoms. The summed E-state index contributed by atoms with van der Waals surface area (Å²) in [5.74, 6) is -1.10. The average Bonchev–Trinajstić information content (AvgIpc) is 2.02. The second-order valence-corrected chi connectivity index (χ2v) is 3.58. The number of benzene rings is 1. The number of hydrogen-bond acceptors (Lipinski definition) is 0. The van der Waals surface area contributed by atoms with Gasteiger partial charge in [0.1, 0.15) is 11.6 Å². The lowest BCUT2D eigenvalue weighted by Gasteiger charge is -2.24. The van der Waals surface area contributed by atoms with E-state index in [0.29, 0.717) is 5.56 Å². The lowest BCUT2D eigenvalue weighted by molar-refractivity contribution is -0.677. The molecule has 0 heterocycles. The van der Waals surface area contributed by atoms with Crippen molar-refractivity contribution in [2.45, 2.75) is 19.4 Å². The molecule has 0 saturated carbocycles. The van der Waals surface area contributed by atoms with Crippen LogP contribution in [0.25, 0.3) is 0 Å². The summed E-state index contributed by atoms with van der Waals surface area (Å²) in [6.45, 7) is 3.71. The van der Waals surface area contributed by atoms with Gasteiger partial charge in [-0.05, 0) is 26.0 Å². The molecule has 0 saturated heterocycles. The van der Waals surface area contributed by atoms with Crippen LogP contribution < -0.4 is 5.32 Å². The molecule has 0 aliphatic rings. The zero-order chi connectivity index (χ0) is 10.1. The maximum absolute atomic E-state index is 12.8. The molecular weight excluding hydrogens is 172 g/mol. The van der Waals surface area contributed by atoms with Crippen LogP contribution in [0.2, 0.25) is 0 Å². The number of nitrogens with two attached hydrogens (primary N) is 1. The van der Waals surface area contributed by atoms with E-state index in [1.807, 2.05) is 13.8 Å². The van der Waals surface area contributed by atoms with E-state index in [1.54, 1.807) is 5.32 Å². The van der Waals surface area contributed by atoms with Crippen LogP contribution in [-0.2, 0) is 5.54 Å². The highest BCUT2D eigenvalue weighted by atomic mass is 19.1. The number of hydrogen-bond donors (Lipinski definition) is 1. The molecule has 0 amide bonds. The number of halogens is 2. The normalized spacial score (nSPS) is 11.8. The van der Waals surface area contributed by atoms with Crippen molar-refractivity contribution < 1.29 is 14.1 Å². The standard InChI is InChI=1S/C10H13F2N/c1-10(2,13-3)7-4-8(11)6-9(12)5-7/h4-6H,3,13H2,1-2H3. The van der Waals surface area contributed by atoms with Crippen LogP contribution in [0.3, 0.4) is 0 Å². The Kier molecular flexibility index (Phi) is 2.66. The minimum Gasteiger partial charge on any atom is -0.471 e. The van der Waals surface area contributed by atoms with Gasteiger partial charge >= 0.3 is 0 Å². The molecule has 72 valence electrons. The van der Waals surface area contributed by atoms with Crippen LogP contribution in [0.4, 0.5) is 8.78 Å². The Labute approximate surface area is 76.8 Å². The van der Waals surface area contributed by atoms with E-state index in [-0.39, 0.29) is 0 Å². The third-order valence-electron chi connectivity index (χ3n) is 2.12. The molecule has 0 radical (unpaired) electrons. The maximum atomic E-state index is 12.8. The summed E-state index contributed by atoms with van der Waals surface area (Å²) in [5, 5.41) is 1.67. The second-order valence-electron chi connectivity index (χ2n) is 3.58. The Morgan fingerprint density at radius 2 is 1.62 bits per heavy atom. The lowest BCUT2D eigenvalue weighted by atomic mass is 9.94. The Hall–Kier alpha value is -0.960. The largest absolute Gasteiger partial charge is 0.471 e. The lowest BCUT2D eigenvalue weighted by Crippen LogP contribution is -2.87. The van der Waals surface area contributed by atoms with E-state index in [0.717, 1.165) is 6.07 Å². The number of quaternary nitrogens is 1. The summed E-state index contributed by atoms with van der Waals surface area (Å²) in [6.07, 6.45) is 0. The van der Waals surface area contributed by atoms with E-state index in [1.165, 1.54) is 12.1 Å². The third-order valence-corrected chi connectivity index (χ3v) is 2.12. The highest BCUT2D eigenvalue weighted by Crippen LogP contribution is 2.17. The van der Waals surface area contributed by atoms with Gasteiger partial charge in [0.2, 0.25) is 0 Å². The van der Waals surface area contributed by atoms with Gasteiger partial charge < -0.3 is 5.32 Å². The zero-order valence-electron chi connectivity index (χ0n) is 7.77. The Bertz CT molecular complexity index is 288. The first-order valence-electron chi connectivity index (χ1n) is 4.06. The van der Waals surface area contributed by atoms with Gasteiger partial charge in [-0.3, -0.25) is 0 Å². The van der Waals surface area contributed by atoms with Crippen molar-refractivity contribution in [1.29, 1.82) is 0 Å². The highest BCUT2D eigenvalue weighted by Gasteiger charge is 2.20. The SMILES string of the molecule is [CH2-][NH2+]C(C)(C)c1cc(F)cc(F)c1. The van der Waals surface area contributed by atoms with Gasteiger partial charge in [-0.15, -0.1) is 0 Å². The van der Waals surface area contributed by atoms with E-state index >= 15 is 0 Å². The fourth-order valence-electron chi connectivity index (χ4n) is 1.04. The first-order chi connectivity index (χ1) is 5.95. The van der Waals surface area contributed by atoms with Crippen molar-refractivity contribution in [2.24, 2.45) is 0 Å². The Balaban J connectivity index is 3.15. The summed E-state index contributed by atoms with van der Waals surface area (Å²) < 4.78 is 25.6. The van der Waals surface area contributed by atoms with Crippen LogP contribution in [0.1, 0.15) is 19.4 Å². The molecule has 0 unspecified atom stereocenters. The highest BCUT2D eigenvalue weighted by molar-refractivity contribution is 5.22. The smallest absolute Gasteiger partial charge is 0.126 e.